The van der Waals surface area contributed by atoms with Crippen molar-refractivity contribution in [2.75, 3.05) is 44.4 Å². The van der Waals surface area contributed by atoms with Crippen LogP contribution in [0.15, 0.2) is 47.4 Å². The summed E-state index contributed by atoms with van der Waals surface area (Å²) < 4.78 is 29.2. The maximum absolute atomic E-state index is 13.0. The minimum atomic E-state index is -3.28. The predicted molar refractivity (Wildman–Crippen MR) is 119 cm³/mol. The van der Waals surface area contributed by atoms with Crippen LogP contribution in [0.2, 0.25) is 0 Å². The second kappa shape index (κ2) is 8.27. The molecule has 3 aromatic rings. The van der Waals surface area contributed by atoms with E-state index in [4.69, 9.17) is 4.74 Å². The Hall–Kier alpha value is -2.98. The Morgan fingerprint density at radius 1 is 1.03 bits per heavy atom. The number of amides is 1. The van der Waals surface area contributed by atoms with Crippen molar-refractivity contribution in [2.45, 2.75) is 4.90 Å². The molecular weight excluding hydrogens is 438 g/mol. The molecular formula is C21H21N3O5S2. The van der Waals surface area contributed by atoms with Crippen LogP contribution in [0.1, 0.15) is 20.7 Å². The molecule has 0 aliphatic carbocycles. The molecule has 1 fully saturated rings. The quantitative estimate of drug-likeness (QED) is 0.553. The van der Waals surface area contributed by atoms with Gasteiger partial charge in [0, 0.05) is 32.4 Å². The Kier molecular flexibility index (Phi) is 5.67. The number of ether oxygens (including phenoxy) is 1. The van der Waals surface area contributed by atoms with Gasteiger partial charge < -0.3 is 14.5 Å². The number of carbonyl (C=O) groups is 2. The van der Waals surface area contributed by atoms with Crippen LogP contribution in [0.4, 0.5) is 5.13 Å². The van der Waals surface area contributed by atoms with E-state index in [1.165, 1.54) is 24.7 Å². The molecule has 8 nitrogen and oxygen atoms in total. The average Bonchev–Trinajstić information content (AvgIpc) is 3.21. The highest BCUT2D eigenvalue weighted by Crippen LogP contribution is 2.31. The van der Waals surface area contributed by atoms with Gasteiger partial charge in [0.25, 0.3) is 5.91 Å². The van der Waals surface area contributed by atoms with Crippen LogP contribution < -0.4 is 4.90 Å². The molecule has 4 rings (SSSR count). The number of aromatic nitrogens is 1. The fourth-order valence-electron chi connectivity index (χ4n) is 3.49. The zero-order valence-corrected chi connectivity index (χ0v) is 18.7. The van der Waals surface area contributed by atoms with Crippen molar-refractivity contribution in [3.05, 3.63) is 53.6 Å². The molecule has 162 valence electrons. The van der Waals surface area contributed by atoms with Gasteiger partial charge >= 0.3 is 5.97 Å². The molecule has 1 aliphatic rings. The maximum atomic E-state index is 13.0. The fraction of sp³-hybridized carbons (Fsp3) is 0.286. The average molecular weight is 460 g/mol. The van der Waals surface area contributed by atoms with Crippen LogP contribution >= 0.6 is 11.3 Å². The number of fused-ring (bicyclic) bond motifs is 1. The molecule has 0 spiro atoms. The molecule has 0 bridgehead atoms. The molecule has 0 N–H and O–H groups in total. The smallest absolute Gasteiger partial charge is 0.338 e. The van der Waals surface area contributed by atoms with Gasteiger partial charge in [-0.1, -0.05) is 23.5 Å². The molecule has 1 amide bonds. The van der Waals surface area contributed by atoms with E-state index in [0.29, 0.717) is 31.7 Å². The number of nitrogens with zero attached hydrogens (tertiary/aromatic N) is 3. The number of sulfone groups is 1. The van der Waals surface area contributed by atoms with Gasteiger partial charge in [-0.15, -0.1) is 0 Å². The third kappa shape index (κ3) is 4.26. The highest BCUT2D eigenvalue weighted by molar-refractivity contribution is 7.90. The second-order valence-electron chi connectivity index (χ2n) is 7.21. The number of benzene rings is 2. The van der Waals surface area contributed by atoms with Gasteiger partial charge in [-0.05, 0) is 30.3 Å². The number of esters is 1. The van der Waals surface area contributed by atoms with Gasteiger partial charge in [-0.3, -0.25) is 4.79 Å². The van der Waals surface area contributed by atoms with Crippen molar-refractivity contribution < 1.29 is 22.7 Å². The summed E-state index contributed by atoms with van der Waals surface area (Å²) in [5.41, 5.74) is 1.33. The summed E-state index contributed by atoms with van der Waals surface area (Å²) >= 11 is 1.44. The molecule has 0 radical (unpaired) electrons. The molecule has 31 heavy (non-hydrogen) atoms. The van der Waals surface area contributed by atoms with Crippen molar-refractivity contribution in [3.63, 3.8) is 0 Å². The van der Waals surface area contributed by atoms with Crippen molar-refractivity contribution in [3.8, 4) is 0 Å². The van der Waals surface area contributed by atoms with E-state index in [-0.39, 0.29) is 16.4 Å². The Labute approximate surface area is 184 Å². The highest BCUT2D eigenvalue weighted by Gasteiger charge is 2.27. The first-order valence-electron chi connectivity index (χ1n) is 9.60. The molecule has 0 atom stereocenters. The Morgan fingerprint density at radius 3 is 2.35 bits per heavy atom. The zero-order chi connectivity index (χ0) is 22.2. The Balaban J connectivity index is 1.49. The summed E-state index contributed by atoms with van der Waals surface area (Å²) in [5, 5.41) is 0.794. The third-order valence-corrected chi connectivity index (χ3v) is 7.37. The zero-order valence-electron chi connectivity index (χ0n) is 17.1. The van der Waals surface area contributed by atoms with E-state index in [1.54, 1.807) is 47.4 Å². The predicted octanol–water partition coefficient (Wildman–Crippen LogP) is 2.45. The minimum Gasteiger partial charge on any atom is -0.465 e. The topological polar surface area (TPSA) is 96.9 Å². The van der Waals surface area contributed by atoms with E-state index in [2.05, 4.69) is 9.88 Å². The van der Waals surface area contributed by atoms with Gasteiger partial charge in [0.05, 0.1) is 33.3 Å². The summed E-state index contributed by atoms with van der Waals surface area (Å²) in [6, 6.07) is 11.6. The minimum absolute atomic E-state index is 0.206. The summed E-state index contributed by atoms with van der Waals surface area (Å²) in [7, 11) is -1.99. The molecule has 2 heterocycles. The number of hydrogen-bond donors (Lipinski definition) is 0. The normalized spacial score (nSPS) is 14.6. The lowest BCUT2D eigenvalue weighted by Crippen LogP contribution is -2.49. The van der Waals surface area contributed by atoms with Crippen LogP contribution in [0.25, 0.3) is 10.2 Å². The number of thiazole rings is 1. The monoisotopic (exact) mass is 459 g/mol. The molecule has 0 unspecified atom stereocenters. The number of carbonyl (C=O) groups excluding carboxylic acids is 2. The summed E-state index contributed by atoms with van der Waals surface area (Å²) in [6.07, 6.45) is 1.19. The number of piperazine rings is 1. The van der Waals surface area contributed by atoms with E-state index in [0.717, 1.165) is 15.3 Å². The van der Waals surface area contributed by atoms with Crippen LogP contribution in [0, 0.1) is 0 Å². The van der Waals surface area contributed by atoms with Crippen LogP contribution in [0.3, 0.4) is 0 Å². The second-order valence-corrected chi connectivity index (χ2v) is 10.2. The van der Waals surface area contributed by atoms with Crippen molar-refractivity contribution in [1.29, 1.82) is 0 Å². The lowest BCUT2D eigenvalue weighted by molar-refractivity contribution is 0.0589. The Bertz CT molecular complexity index is 1260. The van der Waals surface area contributed by atoms with Gasteiger partial charge in [-0.25, -0.2) is 18.2 Å². The number of hydrogen-bond acceptors (Lipinski definition) is 8. The first-order chi connectivity index (χ1) is 14.8. The van der Waals surface area contributed by atoms with Gasteiger partial charge in [-0.2, -0.15) is 0 Å². The van der Waals surface area contributed by atoms with E-state index in [1.807, 2.05) is 0 Å². The van der Waals surface area contributed by atoms with Crippen molar-refractivity contribution in [2.24, 2.45) is 0 Å². The lowest BCUT2D eigenvalue weighted by Gasteiger charge is -2.34. The van der Waals surface area contributed by atoms with Crippen molar-refractivity contribution in [1.82, 2.24) is 9.88 Å². The van der Waals surface area contributed by atoms with E-state index < -0.39 is 15.8 Å². The van der Waals surface area contributed by atoms with Crippen molar-refractivity contribution >= 4 is 48.4 Å². The fourth-order valence-corrected chi connectivity index (χ4v) is 5.27. The van der Waals surface area contributed by atoms with E-state index in [9.17, 15) is 18.0 Å². The summed E-state index contributed by atoms with van der Waals surface area (Å²) in [6.45, 7) is 2.15. The maximum Gasteiger partial charge on any atom is 0.338 e. The summed E-state index contributed by atoms with van der Waals surface area (Å²) in [4.78, 5) is 33.7. The Morgan fingerprint density at radius 2 is 1.71 bits per heavy atom. The molecule has 0 saturated carbocycles. The van der Waals surface area contributed by atoms with Gasteiger partial charge in [0.15, 0.2) is 15.0 Å². The third-order valence-electron chi connectivity index (χ3n) is 5.18. The molecule has 1 aliphatic heterocycles. The molecule has 1 saturated heterocycles. The number of methoxy groups -OCH3 is 1. The van der Waals surface area contributed by atoms with Crippen LogP contribution in [-0.2, 0) is 14.6 Å². The van der Waals surface area contributed by atoms with E-state index >= 15 is 0 Å². The first-order valence-corrected chi connectivity index (χ1v) is 12.3. The molecule has 2 aromatic carbocycles. The number of anilines is 1. The first kappa shape index (κ1) is 21.3. The number of rotatable bonds is 4. The van der Waals surface area contributed by atoms with Gasteiger partial charge in [0.1, 0.15) is 0 Å². The standard InChI is InChI=1S/C21H21N3O5S2/c1-29-20(26)16-6-4-3-5-15(16)19(25)23-9-11-24(12-10-23)21-22-17-8-7-14(31(2,27)28)13-18(17)30-21/h3-8,13H,9-12H2,1-2H3. The highest BCUT2D eigenvalue weighted by atomic mass is 32.2. The summed E-state index contributed by atoms with van der Waals surface area (Å²) in [5.74, 6) is -0.742. The van der Waals surface area contributed by atoms with Crippen LogP contribution in [0.5, 0.6) is 0 Å². The molecule has 10 heteroatoms. The SMILES string of the molecule is COC(=O)c1ccccc1C(=O)N1CCN(c2nc3ccc(S(C)(=O)=O)cc3s2)CC1. The lowest BCUT2D eigenvalue weighted by atomic mass is 10.1. The van der Waals surface area contributed by atoms with Crippen LogP contribution in [-0.4, -0.2) is 69.7 Å². The molecule has 1 aromatic heterocycles. The van der Waals surface area contributed by atoms with Gasteiger partial charge in [0.2, 0.25) is 0 Å². The largest absolute Gasteiger partial charge is 0.465 e.